The number of carbonyl (C=O) groups is 1. The molecule has 0 aliphatic carbocycles. The van der Waals surface area contributed by atoms with E-state index in [4.69, 9.17) is 4.74 Å². The Labute approximate surface area is 137 Å². The molecule has 0 atom stereocenters. The number of benzene rings is 1. The number of hydrogen-bond acceptors (Lipinski definition) is 8. The van der Waals surface area contributed by atoms with Gasteiger partial charge in [0, 0.05) is 12.3 Å². The first-order chi connectivity index (χ1) is 11.7. The molecule has 0 fully saturated rings. The minimum Gasteiger partial charge on any atom is -0.497 e. The van der Waals surface area contributed by atoms with Gasteiger partial charge in [-0.3, -0.25) is 19.3 Å². The van der Waals surface area contributed by atoms with E-state index in [-0.39, 0.29) is 11.5 Å². The van der Waals surface area contributed by atoms with E-state index in [2.05, 4.69) is 30.9 Å². The van der Waals surface area contributed by atoms with Crippen LogP contribution in [0.15, 0.2) is 29.2 Å². The smallest absolute Gasteiger partial charge is 0.271 e. The van der Waals surface area contributed by atoms with E-state index in [1.54, 1.807) is 19.2 Å². The Kier molecular flexibility index (Phi) is 3.20. The number of anilines is 1. The number of nitrogens with one attached hydrogen (secondary N) is 2. The zero-order valence-electron chi connectivity index (χ0n) is 12.2. The van der Waals surface area contributed by atoms with Crippen molar-refractivity contribution in [3.63, 3.8) is 0 Å². The molecule has 0 saturated heterocycles. The number of ether oxygens (including phenoxy) is 1. The van der Waals surface area contributed by atoms with Crippen molar-refractivity contribution in [3.05, 3.63) is 40.3 Å². The largest absolute Gasteiger partial charge is 0.497 e. The van der Waals surface area contributed by atoms with Crippen LogP contribution in [0.2, 0.25) is 0 Å². The lowest BCUT2D eigenvalue weighted by Crippen LogP contribution is -2.26. The van der Waals surface area contributed by atoms with E-state index < -0.39 is 11.5 Å². The van der Waals surface area contributed by atoms with E-state index in [0.29, 0.717) is 16.2 Å². The molecule has 0 unspecified atom stereocenters. The molecule has 1 aromatic carbocycles. The fraction of sp³-hybridized carbons (Fsp3) is 0.0769. The number of H-pyrrole nitrogens is 1. The van der Waals surface area contributed by atoms with E-state index >= 15 is 0 Å². The molecule has 0 radical (unpaired) electrons. The van der Waals surface area contributed by atoms with Gasteiger partial charge in [-0.05, 0) is 22.6 Å². The molecule has 0 spiro atoms. The molecule has 0 bridgehead atoms. The topological polar surface area (TPSA) is 127 Å². The van der Waals surface area contributed by atoms with Crippen LogP contribution in [0.5, 0.6) is 5.75 Å². The molecule has 4 aromatic rings. The predicted molar refractivity (Wildman–Crippen MR) is 85.5 cm³/mol. The Hall–Kier alpha value is -3.34. The molecule has 2 N–H and O–H groups in total. The minimum absolute atomic E-state index is 0.0429. The van der Waals surface area contributed by atoms with Crippen LogP contribution >= 0.6 is 11.3 Å². The number of fused-ring (bicyclic) bond motifs is 3. The summed E-state index contributed by atoms with van der Waals surface area (Å²) in [6.45, 7) is 0. The van der Waals surface area contributed by atoms with Crippen molar-refractivity contribution in [1.82, 2.24) is 30.0 Å². The Morgan fingerprint density at radius 2 is 2.29 bits per heavy atom. The van der Waals surface area contributed by atoms with Gasteiger partial charge < -0.3 is 4.74 Å². The Morgan fingerprint density at radius 3 is 3.04 bits per heavy atom. The van der Waals surface area contributed by atoms with Gasteiger partial charge >= 0.3 is 0 Å². The van der Waals surface area contributed by atoms with E-state index in [9.17, 15) is 9.59 Å². The third kappa shape index (κ3) is 2.18. The quantitative estimate of drug-likeness (QED) is 0.560. The summed E-state index contributed by atoms with van der Waals surface area (Å²) in [7, 11) is 1.54. The maximum Gasteiger partial charge on any atom is 0.271 e. The second-order valence-electron chi connectivity index (χ2n) is 4.73. The van der Waals surface area contributed by atoms with Crippen molar-refractivity contribution in [2.45, 2.75) is 0 Å². The van der Waals surface area contributed by atoms with Gasteiger partial charge in [0.2, 0.25) is 5.95 Å². The molecule has 0 aliphatic heterocycles. The second-order valence-corrected chi connectivity index (χ2v) is 5.74. The van der Waals surface area contributed by atoms with E-state index in [1.807, 2.05) is 6.07 Å². The fourth-order valence-corrected chi connectivity index (χ4v) is 3.22. The third-order valence-electron chi connectivity index (χ3n) is 3.36. The molecule has 0 saturated carbocycles. The van der Waals surface area contributed by atoms with Gasteiger partial charge in [-0.15, -0.1) is 0 Å². The van der Waals surface area contributed by atoms with Gasteiger partial charge in [0.15, 0.2) is 4.96 Å². The Morgan fingerprint density at radius 1 is 1.42 bits per heavy atom. The van der Waals surface area contributed by atoms with Crippen LogP contribution in [0.3, 0.4) is 0 Å². The number of thiazole rings is 1. The van der Waals surface area contributed by atoms with E-state index in [1.165, 1.54) is 21.9 Å². The SMILES string of the molecule is COc1ccc2sc3ncc(C(=O)Nc4nnn[nH]4)c(=O)n3c2c1. The Bertz CT molecular complexity index is 1120. The molecule has 10 nitrogen and oxygen atoms in total. The third-order valence-corrected chi connectivity index (χ3v) is 4.39. The Balaban J connectivity index is 1.88. The van der Waals surface area contributed by atoms with Crippen LogP contribution in [0.25, 0.3) is 15.2 Å². The number of carbonyl (C=O) groups excluding carboxylic acids is 1. The molecule has 24 heavy (non-hydrogen) atoms. The highest BCUT2D eigenvalue weighted by atomic mass is 32.1. The summed E-state index contributed by atoms with van der Waals surface area (Å²) in [6, 6.07) is 5.37. The molecule has 3 aromatic heterocycles. The predicted octanol–water partition coefficient (Wildman–Crippen LogP) is 0.683. The summed E-state index contributed by atoms with van der Waals surface area (Å²) in [5.41, 5.74) is 0.0266. The number of nitrogens with zero attached hydrogens (tertiary/aromatic N) is 5. The van der Waals surface area contributed by atoms with Gasteiger partial charge in [-0.2, -0.15) is 0 Å². The highest BCUT2D eigenvalue weighted by Crippen LogP contribution is 2.27. The number of hydrogen-bond donors (Lipinski definition) is 2. The van der Waals surface area contributed by atoms with Crippen LogP contribution in [-0.2, 0) is 0 Å². The normalized spacial score (nSPS) is 11.0. The van der Waals surface area contributed by atoms with Gasteiger partial charge in [-0.25, -0.2) is 10.1 Å². The van der Waals surface area contributed by atoms with Crippen molar-refractivity contribution in [1.29, 1.82) is 0 Å². The molecule has 4 rings (SSSR count). The molecule has 3 heterocycles. The van der Waals surface area contributed by atoms with Crippen molar-refractivity contribution < 1.29 is 9.53 Å². The van der Waals surface area contributed by atoms with Crippen molar-refractivity contribution in [3.8, 4) is 5.75 Å². The molecule has 11 heteroatoms. The van der Waals surface area contributed by atoms with Gasteiger partial charge in [0.05, 0.1) is 17.3 Å². The zero-order valence-corrected chi connectivity index (χ0v) is 13.0. The molecule has 120 valence electrons. The van der Waals surface area contributed by atoms with Gasteiger partial charge in [-0.1, -0.05) is 16.4 Å². The monoisotopic (exact) mass is 343 g/mol. The van der Waals surface area contributed by atoms with Crippen molar-refractivity contribution >= 4 is 38.4 Å². The number of methoxy groups -OCH3 is 1. The lowest BCUT2D eigenvalue weighted by molar-refractivity contribution is 0.102. The lowest BCUT2D eigenvalue weighted by Gasteiger charge is -2.02. The number of tetrazole rings is 1. The van der Waals surface area contributed by atoms with Gasteiger partial charge in [0.25, 0.3) is 11.5 Å². The summed E-state index contributed by atoms with van der Waals surface area (Å²) < 4.78 is 7.44. The average Bonchev–Trinajstić information content (AvgIpc) is 3.21. The number of aromatic nitrogens is 6. The van der Waals surface area contributed by atoms with Gasteiger partial charge in [0.1, 0.15) is 11.3 Å². The summed E-state index contributed by atoms with van der Waals surface area (Å²) in [6.07, 6.45) is 1.24. The summed E-state index contributed by atoms with van der Waals surface area (Å²) >= 11 is 1.35. The van der Waals surface area contributed by atoms with Crippen LogP contribution in [0.4, 0.5) is 5.95 Å². The van der Waals surface area contributed by atoms with E-state index in [0.717, 1.165) is 4.70 Å². The first-order valence-corrected chi connectivity index (χ1v) is 7.52. The van der Waals surface area contributed by atoms with Crippen LogP contribution in [0, 0.1) is 0 Å². The molecular formula is C13H9N7O3S. The zero-order chi connectivity index (χ0) is 16.7. The summed E-state index contributed by atoms with van der Waals surface area (Å²) in [5.74, 6) is 0.000674. The first kappa shape index (κ1) is 14.3. The first-order valence-electron chi connectivity index (χ1n) is 6.71. The minimum atomic E-state index is -0.650. The number of rotatable bonds is 3. The van der Waals surface area contributed by atoms with Crippen LogP contribution in [0.1, 0.15) is 10.4 Å². The van der Waals surface area contributed by atoms with Crippen molar-refractivity contribution in [2.24, 2.45) is 0 Å². The maximum absolute atomic E-state index is 12.7. The van der Waals surface area contributed by atoms with Crippen molar-refractivity contribution in [2.75, 3.05) is 12.4 Å². The fourth-order valence-electron chi connectivity index (χ4n) is 2.25. The molecule has 1 amide bonds. The number of amides is 1. The van der Waals surface area contributed by atoms with Crippen LogP contribution in [-0.4, -0.2) is 43.0 Å². The second kappa shape index (κ2) is 5.38. The lowest BCUT2D eigenvalue weighted by atomic mass is 10.3. The highest BCUT2D eigenvalue weighted by molar-refractivity contribution is 7.23. The number of aromatic amines is 1. The maximum atomic E-state index is 12.7. The summed E-state index contributed by atoms with van der Waals surface area (Å²) in [4.78, 5) is 29.7. The summed E-state index contributed by atoms with van der Waals surface area (Å²) in [5, 5.41) is 15.0. The highest BCUT2D eigenvalue weighted by Gasteiger charge is 2.17. The average molecular weight is 343 g/mol. The molecular weight excluding hydrogens is 334 g/mol. The molecule has 0 aliphatic rings. The standard InChI is InChI=1S/C13H9N7O3S/c1-23-6-2-3-9-8(4-6)20-11(22)7(5-14-13(20)24-9)10(21)15-12-16-18-19-17-12/h2-5H,1H3,(H2,15,16,17,18,19,21). The van der Waals surface area contributed by atoms with Crippen LogP contribution < -0.4 is 15.6 Å².